The Labute approximate surface area is 135 Å². The van der Waals surface area contributed by atoms with Gasteiger partial charge in [-0.15, -0.1) is 10.2 Å². The molecule has 1 aromatic heterocycles. The Balaban J connectivity index is 1.80. The first-order valence-corrected chi connectivity index (χ1v) is 8.77. The van der Waals surface area contributed by atoms with E-state index in [1.54, 1.807) is 12.1 Å². The number of hydrogen-bond acceptors (Lipinski definition) is 8. The quantitative estimate of drug-likeness (QED) is 0.786. The van der Waals surface area contributed by atoms with Gasteiger partial charge in [0.15, 0.2) is 11.5 Å². The van der Waals surface area contributed by atoms with Crippen molar-refractivity contribution in [3.8, 4) is 11.5 Å². The summed E-state index contributed by atoms with van der Waals surface area (Å²) >= 11 is 0.756. The second-order valence-electron chi connectivity index (χ2n) is 4.52. The van der Waals surface area contributed by atoms with E-state index in [0.717, 1.165) is 11.3 Å². The van der Waals surface area contributed by atoms with Gasteiger partial charge in [-0.3, -0.25) is 9.52 Å². The molecule has 9 nitrogen and oxygen atoms in total. The second kappa shape index (κ2) is 6.01. The van der Waals surface area contributed by atoms with Crippen LogP contribution >= 0.6 is 11.3 Å². The number of nitrogens with one attached hydrogen (secondary N) is 2. The Bertz CT molecular complexity index is 849. The molecule has 2 heterocycles. The number of carbonyl (C=O) groups is 1. The van der Waals surface area contributed by atoms with Gasteiger partial charge in [-0.1, -0.05) is 11.3 Å². The van der Waals surface area contributed by atoms with Crippen molar-refractivity contribution in [2.24, 2.45) is 0 Å². The third kappa shape index (κ3) is 3.51. The lowest BCUT2D eigenvalue weighted by atomic mass is 10.3. The van der Waals surface area contributed by atoms with E-state index < -0.39 is 10.0 Å². The number of nitrogens with zero attached hydrogens (tertiary/aromatic N) is 2. The van der Waals surface area contributed by atoms with Crippen molar-refractivity contribution in [1.29, 1.82) is 0 Å². The van der Waals surface area contributed by atoms with Crippen LogP contribution in [0.5, 0.6) is 11.5 Å². The van der Waals surface area contributed by atoms with Gasteiger partial charge in [0.2, 0.25) is 11.0 Å². The number of ether oxygens (including phenoxy) is 2. The van der Waals surface area contributed by atoms with Crippen LogP contribution < -0.4 is 19.5 Å². The Kier molecular flexibility index (Phi) is 4.05. The summed E-state index contributed by atoms with van der Waals surface area (Å²) in [6.45, 7) is 2.15. The number of benzene rings is 1. The number of rotatable bonds is 4. The topological polar surface area (TPSA) is 120 Å². The van der Waals surface area contributed by atoms with E-state index in [2.05, 4.69) is 20.2 Å². The lowest BCUT2D eigenvalue weighted by molar-refractivity contribution is -0.114. The summed E-state index contributed by atoms with van der Waals surface area (Å²) in [6, 6.07) is 4.71. The predicted octanol–water partition coefficient (Wildman–Crippen LogP) is 1.07. The van der Waals surface area contributed by atoms with Crippen molar-refractivity contribution in [3.05, 3.63) is 18.2 Å². The summed E-state index contributed by atoms with van der Waals surface area (Å²) in [6.07, 6.45) is 0. The van der Waals surface area contributed by atoms with Crippen molar-refractivity contribution in [2.75, 3.05) is 23.3 Å². The molecular weight excluding hydrogens is 344 g/mol. The van der Waals surface area contributed by atoms with Gasteiger partial charge in [0, 0.05) is 13.0 Å². The molecule has 1 aromatic carbocycles. The predicted molar refractivity (Wildman–Crippen MR) is 82.5 cm³/mol. The lowest BCUT2D eigenvalue weighted by Gasteiger charge is -2.18. The SMILES string of the molecule is CC(=O)Nc1nnc(S(=O)(=O)Nc2ccc3c(c2)OCCO3)s1. The molecule has 0 saturated carbocycles. The maximum Gasteiger partial charge on any atom is 0.291 e. The maximum atomic E-state index is 12.3. The molecule has 0 aliphatic carbocycles. The smallest absolute Gasteiger partial charge is 0.291 e. The minimum absolute atomic E-state index is 0.111. The van der Waals surface area contributed by atoms with Crippen molar-refractivity contribution in [2.45, 2.75) is 11.3 Å². The fraction of sp³-hybridized carbons (Fsp3) is 0.250. The van der Waals surface area contributed by atoms with Crippen LogP contribution in [-0.4, -0.2) is 37.7 Å². The molecule has 1 amide bonds. The zero-order valence-corrected chi connectivity index (χ0v) is 13.5. The number of carbonyl (C=O) groups excluding carboxylic acids is 1. The van der Waals surface area contributed by atoms with Gasteiger partial charge < -0.3 is 14.8 Å². The van der Waals surface area contributed by atoms with Crippen LogP contribution in [0, 0.1) is 0 Å². The number of sulfonamides is 1. The highest BCUT2D eigenvalue weighted by atomic mass is 32.2. The molecule has 0 spiro atoms. The molecule has 0 saturated heterocycles. The van der Waals surface area contributed by atoms with E-state index in [1.165, 1.54) is 13.0 Å². The highest BCUT2D eigenvalue weighted by molar-refractivity contribution is 7.94. The molecule has 23 heavy (non-hydrogen) atoms. The van der Waals surface area contributed by atoms with Gasteiger partial charge in [0.1, 0.15) is 13.2 Å². The third-order valence-corrected chi connectivity index (χ3v) is 5.30. The average Bonchev–Trinajstić information content (AvgIpc) is 2.95. The normalized spacial score (nSPS) is 13.4. The minimum Gasteiger partial charge on any atom is -0.486 e. The fourth-order valence-electron chi connectivity index (χ4n) is 1.83. The molecule has 1 aliphatic rings. The summed E-state index contributed by atoms with van der Waals surface area (Å²) < 4.78 is 37.5. The zero-order valence-electron chi connectivity index (χ0n) is 11.9. The number of anilines is 2. The summed E-state index contributed by atoms with van der Waals surface area (Å²) in [5.41, 5.74) is 0.311. The van der Waals surface area contributed by atoms with Crippen LogP contribution in [-0.2, 0) is 14.8 Å². The van der Waals surface area contributed by atoms with Crippen molar-refractivity contribution in [1.82, 2.24) is 10.2 Å². The second-order valence-corrected chi connectivity index (χ2v) is 7.35. The molecule has 0 atom stereocenters. The molecular formula is C12H12N4O5S2. The fourth-order valence-corrected chi connectivity index (χ4v) is 3.82. The largest absolute Gasteiger partial charge is 0.486 e. The standard InChI is InChI=1S/C12H12N4O5S2/c1-7(17)13-11-14-15-12(22-11)23(18,19)16-8-2-3-9-10(6-8)21-5-4-20-9/h2-3,6,16H,4-5H2,1H3,(H,13,14,17). The van der Waals surface area contributed by atoms with Gasteiger partial charge >= 0.3 is 0 Å². The summed E-state index contributed by atoms with van der Waals surface area (Å²) in [5, 5.41) is 9.67. The molecule has 0 unspecified atom stereocenters. The van der Waals surface area contributed by atoms with Gasteiger partial charge in [0.05, 0.1) is 5.69 Å². The first kappa shape index (κ1) is 15.5. The van der Waals surface area contributed by atoms with E-state index in [-0.39, 0.29) is 15.4 Å². The van der Waals surface area contributed by atoms with E-state index in [9.17, 15) is 13.2 Å². The van der Waals surface area contributed by atoms with E-state index in [1.807, 2.05) is 0 Å². The van der Waals surface area contributed by atoms with Crippen molar-refractivity contribution in [3.63, 3.8) is 0 Å². The van der Waals surface area contributed by atoms with Gasteiger partial charge in [-0.25, -0.2) is 0 Å². The van der Waals surface area contributed by atoms with Gasteiger partial charge in [0.25, 0.3) is 14.4 Å². The van der Waals surface area contributed by atoms with Crippen LogP contribution in [0.2, 0.25) is 0 Å². The van der Waals surface area contributed by atoms with Crippen molar-refractivity contribution < 1.29 is 22.7 Å². The average molecular weight is 356 g/mol. The number of hydrogen-bond donors (Lipinski definition) is 2. The number of aromatic nitrogens is 2. The van der Waals surface area contributed by atoms with Crippen LogP contribution in [0.25, 0.3) is 0 Å². The molecule has 0 bridgehead atoms. The highest BCUT2D eigenvalue weighted by Gasteiger charge is 2.22. The molecule has 1 aliphatic heterocycles. The minimum atomic E-state index is -3.91. The Morgan fingerprint density at radius 2 is 1.96 bits per heavy atom. The Morgan fingerprint density at radius 1 is 1.22 bits per heavy atom. The number of amides is 1. The van der Waals surface area contributed by atoms with Gasteiger partial charge in [-0.2, -0.15) is 8.42 Å². The summed E-state index contributed by atoms with van der Waals surface area (Å²) in [4.78, 5) is 10.9. The Morgan fingerprint density at radius 3 is 2.70 bits per heavy atom. The van der Waals surface area contributed by atoms with Crippen molar-refractivity contribution >= 4 is 38.1 Å². The zero-order chi connectivity index (χ0) is 16.4. The number of fused-ring (bicyclic) bond motifs is 1. The molecule has 122 valence electrons. The van der Waals surface area contributed by atoms with Crippen LogP contribution in [0.1, 0.15) is 6.92 Å². The summed E-state index contributed by atoms with van der Waals surface area (Å²) in [5.74, 6) is 0.667. The maximum absolute atomic E-state index is 12.3. The monoisotopic (exact) mass is 356 g/mol. The molecule has 0 fully saturated rings. The third-order valence-electron chi connectivity index (χ3n) is 2.71. The van der Waals surface area contributed by atoms with Gasteiger partial charge in [-0.05, 0) is 12.1 Å². The highest BCUT2D eigenvalue weighted by Crippen LogP contribution is 2.33. The van der Waals surface area contributed by atoms with E-state index in [4.69, 9.17) is 9.47 Å². The molecule has 2 aromatic rings. The molecule has 11 heteroatoms. The van der Waals surface area contributed by atoms with Crippen LogP contribution in [0.15, 0.2) is 22.5 Å². The molecule has 0 radical (unpaired) electrons. The lowest BCUT2D eigenvalue weighted by Crippen LogP contribution is -2.16. The molecule has 3 rings (SSSR count). The van der Waals surface area contributed by atoms with E-state index >= 15 is 0 Å². The van der Waals surface area contributed by atoms with Crippen LogP contribution in [0.4, 0.5) is 10.8 Å². The van der Waals surface area contributed by atoms with E-state index in [0.29, 0.717) is 30.4 Å². The first-order chi connectivity index (χ1) is 10.9. The first-order valence-electron chi connectivity index (χ1n) is 6.47. The Hall–Kier alpha value is -2.40. The summed E-state index contributed by atoms with van der Waals surface area (Å²) in [7, 11) is -3.91. The molecule has 2 N–H and O–H groups in total. The van der Waals surface area contributed by atoms with Crippen LogP contribution in [0.3, 0.4) is 0 Å².